The summed E-state index contributed by atoms with van der Waals surface area (Å²) in [7, 11) is 0. The van der Waals surface area contributed by atoms with Crippen molar-refractivity contribution in [2.45, 2.75) is 32.8 Å². The van der Waals surface area contributed by atoms with Gasteiger partial charge in [0.05, 0.1) is 0 Å². The molecule has 22 heavy (non-hydrogen) atoms. The fourth-order valence-electron chi connectivity index (χ4n) is 2.09. The molecule has 0 saturated carbocycles. The van der Waals surface area contributed by atoms with Crippen LogP contribution in [-0.4, -0.2) is 17.4 Å². The van der Waals surface area contributed by atoms with Crippen LogP contribution >= 0.6 is 0 Å². The lowest BCUT2D eigenvalue weighted by Crippen LogP contribution is -2.25. The van der Waals surface area contributed by atoms with Crippen LogP contribution in [0.4, 0.5) is 0 Å². The molecule has 3 heteroatoms. The zero-order valence-corrected chi connectivity index (χ0v) is 13.1. The molecule has 0 N–H and O–H groups in total. The number of ether oxygens (including phenoxy) is 1. The Morgan fingerprint density at radius 1 is 0.864 bits per heavy atom. The molecule has 0 radical (unpaired) electrons. The summed E-state index contributed by atoms with van der Waals surface area (Å²) in [6.07, 6.45) is -0.234. The Morgan fingerprint density at radius 3 is 1.95 bits per heavy atom. The lowest BCUT2D eigenvalue weighted by atomic mass is 10.0. The maximum atomic E-state index is 12.1. The second-order valence-electron chi connectivity index (χ2n) is 6.13. The second-order valence-corrected chi connectivity index (χ2v) is 6.13. The molecule has 0 bridgehead atoms. The molecule has 2 aromatic carbocycles. The van der Waals surface area contributed by atoms with Gasteiger partial charge < -0.3 is 4.74 Å². The molecule has 0 atom stereocenters. The lowest BCUT2D eigenvalue weighted by molar-refractivity contribution is -0.153. The van der Waals surface area contributed by atoms with Crippen molar-refractivity contribution in [1.29, 1.82) is 0 Å². The highest BCUT2D eigenvalue weighted by Gasteiger charge is 2.19. The molecule has 0 aliphatic rings. The molecular formula is C19H20O3. The van der Waals surface area contributed by atoms with E-state index in [4.69, 9.17) is 4.74 Å². The molecule has 0 heterocycles. The van der Waals surface area contributed by atoms with Gasteiger partial charge in [-0.05, 0) is 31.9 Å². The predicted octanol–water partition coefficient (Wildman–Crippen LogP) is 4.27. The maximum Gasteiger partial charge on any atom is 0.314 e. The van der Waals surface area contributed by atoms with Crippen LogP contribution in [0.2, 0.25) is 0 Å². The van der Waals surface area contributed by atoms with E-state index in [0.29, 0.717) is 5.56 Å². The first kappa shape index (κ1) is 16.0. The van der Waals surface area contributed by atoms with E-state index >= 15 is 0 Å². The minimum atomic E-state index is -0.575. The molecule has 2 aromatic rings. The number of ketones is 1. The van der Waals surface area contributed by atoms with E-state index in [-0.39, 0.29) is 12.2 Å². The number of Topliss-reactive ketones (excluding diaryl/α,β-unsaturated/α-hetero) is 1. The van der Waals surface area contributed by atoms with Gasteiger partial charge in [-0.3, -0.25) is 9.59 Å². The van der Waals surface area contributed by atoms with E-state index in [9.17, 15) is 9.59 Å². The van der Waals surface area contributed by atoms with Gasteiger partial charge in [-0.2, -0.15) is 0 Å². The molecule has 2 rings (SSSR count). The molecule has 0 aliphatic carbocycles. The highest BCUT2D eigenvalue weighted by molar-refractivity contribution is 6.06. The Balaban J connectivity index is 2.04. The summed E-state index contributed by atoms with van der Waals surface area (Å²) < 4.78 is 5.16. The van der Waals surface area contributed by atoms with Gasteiger partial charge in [0.15, 0.2) is 5.78 Å². The van der Waals surface area contributed by atoms with E-state index in [1.165, 1.54) is 0 Å². The van der Waals surface area contributed by atoms with Gasteiger partial charge in [0.2, 0.25) is 0 Å². The molecule has 114 valence electrons. The monoisotopic (exact) mass is 296 g/mol. The van der Waals surface area contributed by atoms with E-state index in [1.807, 2.05) is 42.5 Å². The fourth-order valence-corrected chi connectivity index (χ4v) is 2.09. The SMILES string of the molecule is CC(C)(C)OC(=O)CC(=O)c1ccc(-c2ccccc2)cc1. The van der Waals surface area contributed by atoms with Crippen LogP contribution in [0.3, 0.4) is 0 Å². The maximum absolute atomic E-state index is 12.1. The van der Waals surface area contributed by atoms with Gasteiger partial charge in [0.25, 0.3) is 0 Å². The summed E-state index contributed by atoms with van der Waals surface area (Å²) >= 11 is 0. The zero-order valence-electron chi connectivity index (χ0n) is 13.1. The van der Waals surface area contributed by atoms with E-state index < -0.39 is 11.6 Å². The summed E-state index contributed by atoms with van der Waals surface area (Å²) in [5.41, 5.74) is 2.07. The molecular weight excluding hydrogens is 276 g/mol. The van der Waals surface area contributed by atoms with Gasteiger partial charge in [-0.15, -0.1) is 0 Å². The van der Waals surface area contributed by atoms with Crippen LogP contribution in [0.15, 0.2) is 54.6 Å². The van der Waals surface area contributed by atoms with Crippen molar-refractivity contribution in [3.8, 4) is 11.1 Å². The van der Waals surface area contributed by atoms with Crippen molar-refractivity contribution >= 4 is 11.8 Å². The Hall–Kier alpha value is -2.42. The topological polar surface area (TPSA) is 43.4 Å². The van der Waals surface area contributed by atoms with Gasteiger partial charge in [-0.25, -0.2) is 0 Å². The summed E-state index contributed by atoms with van der Waals surface area (Å²) in [5, 5.41) is 0. The smallest absolute Gasteiger partial charge is 0.314 e. The third kappa shape index (κ3) is 4.55. The van der Waals surface area contributed by atoms with Crippen molar-refractivity contribution in [3.05, 3.63) is 60.2 Å². The van der Waals surface area contributed by atoms with Crippen LogP contribution < -0.4 is 0 Å². The van der Waals surface area contributed by atoms with Crippen LogP contribution in [0.25, 0.3) is 11.1 Å². The standard InChI is InChI=1S/C19H20O3/c1-19(2,3)22-18(21)13-17(20)16-11-9-15(10-12-16)14-7-5-4-6-8-14/h4-12H,13H2,1-3H3. The Kier molecular flexibility index (Phi) is 4.76. The number of hydrogen-bond acceptors (Lipinski definition) is 3. The van der Waals surface area contributed by atoms with Crippen molar-refractivity contribution in [1.82, 2.24) is 0 Å². The molecule has 0 aromatic heterocycles. The number of carbonyl (C=O) groups excluding carboxylic acids is 2. The molecule has 0 unspecified atom stereocenters. The normalized spacial score (nSPS) is 11.0. The Labute approximate surface area is 130 Å². The van der Waals surface area contributed by atoms with Crippen LogP contribution in [0.5, 0.6) is 0 Å². The second kappa shape index (κ2) is 6.56. The van der Waals surface area contributed by atoms with Crippen molar-refractivity contribution in [3.63, 3.8) is 0 Å². The van der Waals surface area contributed by atoms with E-state index in [1.54, 1.807) is 32.9 Å². The molecule has 3 nitrogen and oxygen atoms in total. The third-order valence-corrected chi connectivity index (χ3v) is 3.04. The highest BCUT2D eigenvalue weighted by Crippen LogP contribution is 2.20. The number of hydrogen-bond donors (Lipinski definition) is 0. The van der Waals surface area contributed by atoms with E-state index in [0.717, 1.165) is 11.1 Å². The predicted molar refractivity (Wildman–Crippen MR) is 86.7 cm³/mol. The molecule has 0 amide bonds. The zero-order chi connectivity index (χ0) is 16.2. The number of benzene rings is 2. The summed E-state index contributed by atoms with van der Waals surface area (Å²) in [6, 6.07) is 17.2. The van der Waals surface area contributed by atoms with Gasteiger partial charge in [0, 0.05) is 5.56 Å². The van der Waals surface area contributed by atoms with Crippen LogP contribution in [0, 0.1) is 0 Å². The average Bonchev–Trinajstić information content (AvgIpc) is 2.46. The van der Waals surface area contributed by atoms with Crippen LogP contribution in [-0.2, 0) is 9.53 Å². The largest absolute Gasteiger partial charge is 0.460 e. The number of rotatable bonds is 4. The van der Waals surface area contributed by atoms with Gasteiger partial charge in [0.1, 0.15) is 12.0 Å². The Bertz CT molecular complexity index is 649. The summed E-state index contributed by atoms with van der Waals surface area (Å²) in [6.45, 7) is 5.35. The fraction of sp³-hybridized carbons (Fsp3) is 0.263. The van der Waals surface area contributed by atoms with Gasteiger partial charge >= 0.3 is 5.97 Å². The third-order valence-electron chi connectivity index (χ3n) is 3.04. The van der Waals surface area contributed by atoms with E-state index in [2.05, 4.69) is 0 Å². The molecule has 0 fully saturated rings. The average molecular weight is 296 g/mol. The first-order chi connectivity index (χ1) is 10.3. The first-order valence-corrected chi connectivity index (χ1v) is 7.26. The van der Waals surface area contributed by atoms with Crippen molar-refractivity contribution < 1.29 is 14.3 Å². The molecule has 0 aliphatic heterocycles. The van der Waals surface area contributed by atoms with Crippen molar-refractivity contribution in [2.75, 3.05) is 0 Å². The lowest BCUT2D eigenvalue weighted by Gasteiger charge is -2.19. The van der Waals surface area contributed by atoms with Crippen LogP contribution in [0.1, 0.15) is 37.6 Å². The number of esters is 1. The summed E-state index contributed by atoms with van der Waals surface area (Å²) in [5.74, 6) is -0.724. The highest BCUT2D eigenvalue weighted by atomic mass is 16.6. The molecule has 0 spiro atoms. The minimum Gasteiger partial charge on any atom is -0.460 e. The Morgan fingerprint density at radius 2 is 1.41 bits per heavy atom. The minimum absolute atomic E-state index is 0.228. The quantitative estimate of drug-likeness (QED) is 0.481. The van der Waals surface area contributed by atoms with Crippen molar-refractivity contribution in [2.24, 2.45) is 0 Å². The first-order valence-electron chi connectivity index (χ1n) is 7.26. The number of carbonyl (C=O) groups is 2. The molecule has 0 saturated heterocycles. The summed E-state index contributed by atoms with van der Waals surface area (Å²) in [4.78, 5) is 23.8. The van der Waals surface area contributed by atoms with Gasteiger partial charge in [-0.1, -0.05) is 54.6 Å².